The molecule has 102 valence electrons. The Morgan fingerprint density at radius 1 is 1.32 bits per heavy atom. The van der Waals surface area contributed by atoms with E-state index in [-0.39, 0.29) is 23.8 Å². The Kier molecular flexibility index (Phi) is 4.27. The SMILES string of the molecule is O=C(O)c1ccc(Cl)cc1OCC(=O)N1CCCC1. The second kappa shape index (κ2) is 5.93. The molecule has 19 heavy (non-hydrogen) atoms. The van der Waals surface area contributed by atoms with Crippen LogP contribution in [0, 0.1) is 0 Å². The number of aromatic carboxylic acids is 1. The number of halogens is 1. The maximum Gasteiger partial charge on any atom is 0.339 e. The van der Waals surface area contributed by atoms with Crippen LogP contribution in [0.4, 0.5) is 0 Å². The summed E-state index contributed by atoms with van der Waals surface area (Å²) in [5.74, 6) is -1.12. The topological polar surface area (TPSA) is 66.8 Å². The number of carbonyl (C=O) groups is 2. The largest absolute Gasteiger partial charge is 0.483 e. The van der Waals surface area contributed by atoms with Crippen molar-refractivity contribution in [3.8, 4) is 5.75 Å². The van der Waals surface area contributed by atoms with Crippen LogP contribution in [0.2, 0.25) is 5.02 Å². The molecule has 5 nitrogen and oxygen atoms in total. The summed E-state index contributed by atoms with van der Waals surface area (Å²) >= 11 is 5.80. The number of carboxylic acids is 1. The van der Waals surface area contributed by atoms with Crippen molar-refractivity contribution < 1.29 is 19.4 Å². The molecule has 1 N–H and O–H groups in total. The highest BCUT2D eigenvalue weighted by atomic mass is 35.5. The summed E-state index contributed by atoms with van der Waals surface area (Å²) in [6.45, 7) is 1.31. The van der Waals surface area contributed by atoms with E-state index in [4.69, 9.17) is 21.4 Å². The molecule has 1 heterocycles. The Bertz CT molecular complexity index is 497. The number of hydrogen-bond donors (Lipinski definition) is 1. The standard InChI is InChI=1S/C13H14ClNO4/c14-9-3-4-10(13(17)18)11(7-9)19-8-12(16)15-5-1-2-6-15/h3-4,7H,1-2,5-6,8H2,(H,17,18). The maximum atomic E-state index is 11.8. The van der Waals surface area contributed by atoms with Crippen molar-refractivity contribution >= 4 is 23.5 Å². The molecule has 1 aliphatic rings. The van der Waals surface area contributed by atoms with Gasteiger partial charge >= 0.3 is 5.97 Å². The van der Waals surface area contributed by atoms with Gasteiger partial charge in [-0.2, -0.15) is 0 Å². The van der Waals surface area contributed by atoms with E-state index in [0.29, 0.717) is 5.02 Å². The van der Waals surface area contributed by atoms with Crippen molar-refractivity contribution in [3.05, 3.63) is 28.8 Å². The maximum absolute atomic E-state index is 11.8. The smallest absolute Gasteiger partial charge is 0.339 e. The van der Waals surface area contributed by atoms with Gasteiger partial charge in [-0.1, -0.05) is 11.6 Å². The van der Waals surface area contributed by atoms with Crippen molar-refractivity contribution in [2.45, 2.75) is 12.8 Å². The number of carboxylic acid groups (broad SMARTS) is 1. The zero-order valence-corrected chi connectivity index (χ0v) is 11.0. The van der Waals surface area contributed by atoms with Crippen LogP contribution in [-0.4, -0.2) is 41.6 Å². The van der Waals surface area contributed by atoms with E-state index >= 15 is 0 Å². The lowest BCUT2D eigenvalue weighted by Gasteiger charge is -2.16. The van der Waals surface area contributed by atoms with Crippen molar-refractivity contribution in [3.63, 3.8) is 0 Å². The molecular formula is C13H14ClNO4. The third-order valence-corrected chi connectivity index (χ3v) is 3.22. The van der Waals surface area contributed by atoms with E-state index in [1.54, 1.807) is 4.90 Å². The molecule has 1 amide bonds. The molecule has 6 heteroatoms. The quantitative estimate of drug-likeness (QED) is 0.918. The fourth-order valence-corrected chi connectivity index (χ4v) is 2.15. The summed E-state index contributed by atoms with van der Waals surface area (Å²) < 4.78 is 5.30. The summed E-state index contributed by atoms with van der Waals surface area (Å²) in [4.78, 5) is 24.5. The minimum atomic E-state index is -1.11. The number of ether oxygens (including phenoxy) is 1. The first-order chi connectivity index (χ1) is 9.08. The van der Waals surface area contributed by atoms with Crippen LogP contribution in [0.3, 0.4) is 0 Å². The number of rotatable bonds is 4. The first-order valence-corrected chi connectivity index (χ1v) is 6.39. The predicted molar refractivity (Wildman–Crippen MR) is 69.7 cm³/mol. The third-order valence-electron chi connectivity index (χ3n) is 2.98. The molecule has 1 saturated heterocycles. The number of carbonyl (C=O) groups excluding carboxylic acids is 1. The molecular weight excluding hydrogens is 270 g/mol. The first-order valence-electron chi connectivity index (χ1n) is 6.01. The minimum absolute atomic E-state index is 0.00128. The van der Waals surface area contributed by atoms with Gasteiger partial charge in [-0.05, 0) is 31.0 Å². The average molecular weight is 284 g/mol. The normalized spacial score (nSPS) is 14.5. The highest BCUT2D eigenvalue weighted by Crippen LogP contribution is 2.23. The third kappa shape index (κ3) is 3.38. The van der Waals surface area contributed by atoms with Gasteiger partial charge in [-0.15, -0.1) is 0 Å². The molecule has 1 aromatic rings. The number of hydrogen-bond acceptors (Lipinski definition) is 3. The zero-order valence-electron chi connectivity index (χ0n) is 10.3. The van der Waals surface area contributed by atoms with Crippen LogP contribution in [0.15, 0.2) is 18.2 Å². The lowest BCUT2D eigenvalue weighted by molar-refractivity contribution is -0.132. The van der Waals surface area contributed by atoms with Crippen molar-refractivity contribution in [2.24, 2.45) is 0 Å². The average Bonchev–Trinajstić information content (AvgIpc) is 2.89. The summed E-state index contributed by atoms with van der Waals surface area (Å²) in [7, 11) is 0. The molecule has 1 aromatic carbocycles. The van der Waals surface area contributed by atoms with Crippen LogP contribution in [0.1, 0.15) is 23.2 Å². The van der Waals surface area contributed by atoms with E-state index in [0.717, 1.165) is 25.9 Å². The van der Waals surface area contributed by atoms with E-state index in [9.17, 15) is 9.59 Å². The molecule has 0 saturated carbocycles. The lowest BCUT2D eigenvalue weighted by atomic mass is 10.2. The van der Waals surface area contributed by atoms with Crippen LogP contribution >= 0.6 is 11.6 Å². The molecule has 0 radical (unpaired) electrons. The Morgan fingerprint density at radius 3 is 2.63 bits per heavy atom. The number of benzene rings is 1. The van der Waals surface area contributed by atoms with Crippen molar-refractivity contribution in [1.29, 1.82) is 0 Å². The molecule has 0 aliphatic carbocycles. The first kappa shape index (κ1) is 13.7. The van der Waals surface area contributed by atoms with Gasteiger partial charge in [0.2, 0.25) is 0 Å². The molecule has 0 spiro atoms. The molecule has 0 unspecified atom stereocenters. The Morgan fingerprint density at radius 2 is 2.00 bits per heavy atom. The van der Waals surface area contributed by atoms with E-state index in [2.05, 4.69) is 0 Å². The van der Waals surface area contributed by atoms with Gasteiger partial charge in [0.15, 0.2) is 6.61 Å². The van der Waals surface area contributed by atoms with Gasteiger partial charge in [0.25, 0.3) is 5.91 Å². The summed E-state index contributed by atoms with van der Waals surface area (Å²) in [6, 6.07) is 4.24. The van der Waals surface area contributed by atoms with Crippen LogP contribution in [0.25, 0.3) is 0 Å². The minimum Gasteiger partial charge on any atom is -0.483 e. The second-order valence-corrected chi connectivity index (χ2v) is 4.76. The molecule has 0 aromatic heterocycles. The summed E-state index contributed by atoms with van der Waals surface area (Å²) in [6.07, 6.45) is 2.01. The molecule has 2 rings (SSSR count). The van der Waals surface area contributed by atoms with E-state index in [1.807, 2.05) is 0 Å². The lowest BCUT2D eigenvalue weighted by Crippen LogP contribution is -2.32. The van der Waals surface area contributed by atoms with Gasteiger partial charge in [-0.3, -0.25) is 4.79 Å². The molecule has 1 fully saturated rings. The van der Waals surface area contributed by atoms with E-state index < -0.39 is 5.97 Å². The van der Waals surface area contributed by atoms with Crippen LogP contribution < -0.4 is 4.74 Å². The van der Waals surface area contributed by atoms with Gasteiger partial charge < -0.3 is 14.7 Å². The zero-order chi connectivity index (χ0) is 13.8. The van der Waals surface area contributed by atoms with Crippen LogP contribution in [-0.2, 0) is 4.79 Å². The van der Waals surface area contributed by atoms with Gasteiger partial charge in [0, 0.05) is 18.1 Å². The van der Waals surface area contributed by atoms with Gasteiger partial charge in [0.05, 0.1) is 0 Å². The van der Waals surface area contributed by atoms with Gasteiger partial charge in [-0.25, -0.2) is 4.79 Å². The van der Waals surface area contributed by atoms with E-state index in [1.165, 1.54) is 18.2 Å². The highest BCUT2D eigenvalue weighted by Gasteiger charge is 2.19. The van der Waals surface area contributed by atoms with Gasteiger partial charge in [0.1, 0.15) is 11.3 Å². The number of amides is 1. The Hall–Kier alpha value is -1.75. The predicted octanol–water partition coefficient (Wildman–Crippen LogP) is 2.04. The van der Waals surface area contributed by atoms with Crippen molar-refractivity contribution in [2.75, 3.05) is 19.7 Å². The number of likely N-dealkylation sites (tertiary alicyclic amines) is 1. The summed E-state index contributed by atoms with van der Waals surface area (Å²) in [5, 5.41) is 9.38. The number of nitrogens with zero attached hydrogens (tertiary/aromatic N) is 1. The van der Waals surface area contributed by atoms with Crippen molar-refractivity contribution in [1.82, 2.24) is 4.90 Å². The monoisotopic (exact) mass is 283 g/mol. The fraction of sp³-hybridized carbons (Fsp3) is 0.385. The molecule has 1 aliphatic heterocycles. The fourth-order valence-electron chi connectivity index (χ4n) is 1.99. The second-order valence-electron chi connectivity index (χ2n) is 4.32. The highest BCUT2D eigenvalue weighted by molar-refractivity contribution is 6.30. The summed E-state index contributed by atoms with van der Waals surface area (Å²) in [5.41, 5.74) is -0.00128. The van der Waals surface area contributed by atoms with Crippen LogP contribution in [0.5, 0.6) is 5.75 Å². The molecule has 0 bridgehead atoms. The Balaban J connectivity index is 2.04. The molecule has 0 atom stereocenters. The Labute approximate surface area is 115 Å².